The first-order valence-corrected chi connectivity index (χ1v) is 6.73. The summed E-state index contributed by atoms with van der Waals surface area (Å²) in [6, 6.07) is 4.72. The van der Waals surface area contributed by atoms with Crippen LogP contribution in [-0.2, 0) is 11.2 Å². The largest absolute Gasteiger partial charge is 0.480 e. The van der Waals surface area contributed by atoms with Crippen molar-refractivity contribution < 1.29 is 9.90 Å². The van der Waals surface area contributed by atoms with Gasteiger partial charge >= 0.3 is 5.97 Å². The van der Waals surface area contributed by atoms with E-state index in [0.717, 1.165) is 31.5 Å². The highest BCUT2D eigenvalue weighted by Gasteiger charge is 2.28. The Hall–Kier alpha value is -0.770. The molecular formula is C13H15Cl2NO2. The number of carboxylic acid groups (broad SMARTS) is 1. The van der Waals surface area contributed by atoms with Gasteiger partial charge in [0.1, 0.15) is 6.04 Å². The van der Waals surface area contributed by atoms with Gasteiger partial charge in [0.15, 0.2) is 0 Å². The summed E-state index contributed by atoms with van der Waals surface area (Å²) in [7, 11) is 0. The van der Waals surface area contributed by atoms with Crippen LogP contribution in [0, 0.1) is 0 Å². The van der Waals surface area contributed by atoms with Gasteiger partial charge in [-0.25, -0.2) is 0 Å². The number of hydrogen-bond acceptors (Lipinski definition) is 2. The SMILES string of the molecule is O=C(O)[C@H](Cc1cc(Cl)cc(Cl)c1)N1CCCC1. The zero-order chi connectivity index (χ0) is 13.1. The summed E-state index contributed by atoms with van der Waals surface area (Å²) in [5, 5.41) is 10.4. The molecule has 0 bridgehead atoms. The van der Waals surface area contributed by atoms with Gasteiger partial charge in [0.2, 0.25) is 0 Å². The van der Waals surface area contributed by atoms with Gasteiger partial charge in [-0.1, -0.05) is 23.2 Å². The van der Waals surface area contributed by atoms with E-state index >= 15 is 0 Å². The van der Waals surface area contributed by atoms with Crippen LogP contribution in [0.5, 0.6) is 0 Å². The summed E-state index contributed by atoms with van der Waals surface area (Å²) < 4.78 is 0. The molecule has 1 aliphatic rings. The van der Waals surface area contributed by atoms with Crippen LogP contribution in [0.1, 0.15) is 18.4 Å². The predicted octanol–water partition coefficient (Wildman–Crippen LogP) is 3.08. The second-order valence-electron chi connectivity index (χ2n) is 4.58. The Bertz CT molecular complexity index is 424. The third-order valence-electron chi connectivity index (χ3n) is 3.22. The number of halogens is 2. The van der Waals surface area contributed by atoms with E-state index in [1.807, 2.05) is 4.90 Å². The fraction of sp³-hybridized carbons (Fsp3) is 0.462. The maximum Gasteiger partial charge on any atom is 0.321 e. The molecule has 1 saturated heterocycles. The molecule has 1 aliphatic heterocycles. The van der Waals surface area contributed by atoms with Crippen LogP contribution in [0.25, 0.3) is 0 Å². The predicted molar refractivity (Wildman–Crippen MR) is 72.4 cm³/mol. The highest BCUT2D eigenvalue weighted by molar-refractivity contribution is 6.34. The normalized spacial score (nSPS) is 17.9. The Balaban J connectivity index is 2.15. The van der Waals surface area contributed by atoms with E-state index in [-0.39, 0.29) is 0 Å². The van der Waals surface area contributed by atoms with Gasteiger partial charge < -0.3 is 5.11 Å². The number of carboxylic acids is 1. The zero-order valence-corrected chi connectivity index (χ0v) is 11.4. The van der Waals surface area contributed by atoms with Gasteiger partial charge in [0, 0.05) is 10.0 Å². The van der Waals surface area contributed by atoms with Gasteiger partial charge in [-0.15, -0.1) is 0 Å². The first-order valence-electron chi connectivity index (χ1n) is 5.98. The molecule has 1 atom stereocenters. The molecule has 5 heteroatoms. The summed E-state index contributed by atoms with van der Waals surface area (Å²) in [5.41, 5.74) is 0.867. The molecule has 0 saturated carbocycles. The van der Waals surface area contributed by atoms with Crippen molar-refractivity contribution in [2.75, 3.05) is 13.1 Å². The molecule has 18 heavy (non-hydrogen) atoms. The van der Waals surface area contributed by atoms with E-state index in [0.29, 0.717) is 16.5 Å². The minimum absolute atomic E-state index is 0.440. The van der Waals surface area contributed by atoms with Crippen molar-refractivity contribution >= 4 is 29.2 Å². The van der Waals surface area contributed by atoms with Gasteiger partial charge in [0.25, 0.3) is 0 Å². The van der Waals surface area contributed by atoms with Gasteiger partial charge in [-0.3, -0.25) is 9.69 Å². The van der Waals surface area contributed by atoms with Crippen molar-refractivity contribution in [2.24, 2.45) is 0 Å². The monoisotopic (exact) mass is 287 g/mol. The summed E-state index contributed by atoms with van der Waals surface area (Å²) >= 11 is 11.9. The highest BCUT2D eigenvalue weighted by Crippen LogP contribution is 2.22. The molecule has 0 spiro atoms. The average Bonchev–Trinajstić information content (AvgIpc) is 2.77. The third-order valence-corrected chi connectivity index (χ3v) is 3.65. The van der Waals surface area contributed by atoms with Crippen LogP contribution in [-0.4, -0.2) is 35.1 Å². The lowest BCUT2D eigenvalue weighted by atomic mass is 10.0. The van der Waals surface area contributed by atoms with Crippen molar-refractivity contribution in [1.82, 2.24) is 4.90 Å². The van der Waals surface area contributed by atoms with Crippen LogP contribution in [0.3, 0.4) is 0 Å². The van der Waals surface area contributed by atoms with Crippen LogP contribution >= 0.6 is 23.2 Å². The highest BCUT2D eigenvalue weighted by atomic mass is 35.5. The van der Waals surface area contributed by atoms with Crippen molar-refractivity contribution in [1.29, 1.82) is 0 Å². The molecule has 1 fully saturated rings. The standard InChI is InChI=1S/C13H15Cl2NO2/c14-10-5-9(6-11(15)8-10)7-12(13(17)18)16-3-1-2-4-16/h5-6,8,12H,1-4,7H2,(H,17,18)/t12-/m0/s1. The van der Waals surface area contributed by atoms with Crippen LogP contribution in [0.15, 0.2) is 18.2 Å². The molecule has 98 valence electrons. The topological polar surface area (TPSA) is 40.5 Å². The maximum atomic E-state index is 11.4. The smallest absolute Gasteiger partial charge is 0.321 e. The molecule has 0 amide bonds. The summed E-state index contributed by atoms with van der Waals surface area (Å²) in [5.74, 6) is -0.784. The van der Waals surface area contributed by atoms with Crippen LogP contribution in [0.4, 0.5) is 0 Å². The lowest BCUT2D eigenvalue weighted by Gasteiger charge is -2.23. The van der Waals surface area contributed by atoms with E-state index in [1.165, 1.54) is 0 Å². The molecule has 1 heterocycles. The third kappa shape index (κ3) is 3.37. The number of rotatable bonds is 4. The van der Waals surface area contributed by atoms with Gasteiger partial charge in [-0.05, 0) is 56.1 Å². The Labute approximate surface area is 116 Å². The van der Waals surface area contributed by atoms with E-state index < -0.39 is 12.0 Å². The Kier molecular flexibility index (Phi) is 4.49. The number of aliphatic carboxylic acids is 1. The molecular weight excluding hydrogens is 273 g/mol. The number of hydrogen-bond donors (Lipinski definition) is 1. The number of benzene rings is 1. The van der Waals surface area contributed by atoms with Crippen molar-refractivity contribution in [2.45, 2.75) is 25.3 Å². The first-order chi connectivity index (χ1) is 8.56. The van der Waals surface area contributed by atoms with Gasteiger partial charge in [-0.2, -0.15) is 0 Å². The second-order valence-corrected chi connectivity index (χ2v) is 5.45. The molecule has 0 radical (unpaired) electrons. The number of nitrogens with zero attached hydrogens (tertiary/aromatic N) is 1. The summed E-state index contributed by atoms with van der Waals surface area (Å²) in [4.78, 5) is 13.4. The van der Waals surface area contributed by atoms with E-state index in [9.17, 15) is 9.90 Å². The molecule has 0 unspecified atom stereocenters. The Morgan fingerprint density at radius 2 is 1.78 bits per heavy atom. The first kappa shape index (κ1) is 13.7. The van der Waals surface area contributed by atoms with Crippen LogP contribution in [0.2, 0.25) is 10.0 Å². The summed E-state index contributed by atoms with van der Waals surface area (Å²) in [6.07, 6.45) is 2.58. The minimum Gasteiger partial charge on any atom is -0.480 e. The quantitative estimate of drug-likeness (QED) is 0.925. The zero-order valence-electron chi connectivity index (χ0n) is 9.90. The average molecular weight is 288 g/mol. The molecule has 1 N–H and O–H groups in total. The number of likely N-dealkylation sites (tertiary alicyclic amines) is 1. The fourth-order valence-corrected chi connectivity index (χ4v) is 2.95. The lowest BCUT2D eigenvalue weighted by Crippen LogP contribution is -2.40. The van der Waals surface area contributed by atoms with E-state index in [4.69, 9.17) is 23.2 Å². The molecule has 3 nitrogen and oxygen atoms in total. The minimum atomic E-state index is -0.784. The maximum absolute atomic E-state index is 11.4. The van der Waals surface area contributed by atoms with Crippen molar-refractivity contribution in [3.8, 4) is 0 Å². The van der Waals surface area contributed by atoms with Crippen molar-refractivity contribution in [3.63, 3.8) is 0 Å². The number of carbonyl (C=O) groups is 1. The molecule has 1 aromatic carbocycles. The van der Waals surface area contributed by atoms with Gasteiger partial charge in [0.05, 0.1) is 0 Å². The molecule has 0 aliphatic carbocycles. The molecule has 1 aromatic rings. The Morgan fingerprint density at radius 1 is 1.22 bits per heavy atom. The van der Waals surface area contributed by atoms with E-state index in [2.05, 4.69) is 0 Å². The van der Waals surface area contributed by atoms with Crippen LogP contribution < -0.4 is 0 Å². The Morgan fingerprint density at radius 3 is 2.28 bits per heavy atom. The summed E-state index contributed by atoms with van der Waals surface area (Å²) in [6.45, 7) is 1.70. The molecule has 0 aromatic heterocycles. The lowest BCUT2D eigenvalue weighted by molar-refractivity contribution is -0.142. The fourth-order valence-electron chi connectivity index (χ4n) is 2.38. The second kappa shape index (κ2) is 5.91. The van der Waals surface area contributed by atoms with E-state index in [1.54, 1.807) is 18.2 Å². The molecule has 2 rings (SSSR count). The van der Waals surface area contributed by atoms with Crippen molar-refractivity contribution in [3.05, 3.63) is 33.8 Å².